The van der Waals surface area contributed by atoms with Gasteiger partial charge in [-0.2, -0.15) is 0 Å². The standard InChI is InChI=1S/C72H111N11O25/c1-4-10-55(6-3)71(96)107-51-54-18-22-57(23-19-54)78-69(94)58(12-8-28-74-52-84)80-62(87)48-76-60(85)26-32-98-36-40-102-44-46-104-42-38-100-34-30-82(64(89)14-7-15-68(93)108-83-65(90)24-25-66(83)91)31-35-101-39-43-105-47-45-103-41-37-99-33-27-61(86)77-49-63(88)81-59(13-9-29-75-72(73)97)70(95)79-56-20-16-53(17-21-56)50-106-67(92)11-5-2/h16-23,52,55,58-59H,4-15,24-51H2,1-3H3,(H,74,84)(H,76,85)(H,77,86)(H,78,94)(H,79,95)(H,80,87)(H,81,88)(H3,73,75,97)/t55?,58-,59-/m0/s1. The molecule has 0 bridgehead atoms. The van der Waals surface area contributed by atoms with Crippen molar-refractivity contribution in [3.8, 4) is 0 Å². The van der Waals surface area contributed by atoms with Crippen molar-refractivity contribution in [1.29, 1.82) is 0 Å². The summed E-state index contributed by atoms with van der Waals surface area (Å²) in [5.41, 5.74) is 7.48. The van der Waals surface area contributed by atoms with Gasteiger partial charge in [-0.3, -0.25) is 57.5 Å². The largest absolute Gasteiger partial charge is 0.461 e. The Balaban J connectivity index is 1.25. The molecule has 0 spiro atoms. The van der Waals surface area contributed by atoms with E-state index in [2.05, 4.69) is 42.5 Å². The third-order valence-corrected chi connectivity index (χ3v) is 15.7. The van der Waals surface area contributed by atoms with Crippen LogP contribution in [0.15, 0.2) is 48.5 Å². The van der Waals surface area contributed by atoms with Crippen LogP contribution >= 0.6 is 0 Å². The van der Waals surface area contributed by atoms with Crippen molar-refractivity contribution in [3.05, 3.63) is 59.7 Å². The van der Waals surface area contributed by atoms with Crippen molar-refractivity contribution >= 4 is 94.9 Å². The van der Waals surface area contributed by atoms with Crippen LogP contribution < -0.4 is 48.3 Å². The lowest BCUT2D eigenvalue weighted by atomic mass is 10.0. The van der Waals surface area contributed by atoms with Crippen LogP contribution in [0.2, 0.25) is 0 Å². The van der Waals surface area contributed by atoms with Crippen molar-refractivity contribution < 1.29 is 119 Å². The second kappa shape index (κ2) is 58.8. The number of hydrogen-bond acceptors (Lipinski definition) is 25. The molecule has 12 amide bonds. The second-order valence-corrected chi connectivity index (χ2v) is 24.4. The lowest BCUT2D eigenvalue weighted by Crippen LogP contribution is -2.47. The molecule has 0 radical (unpaired) electrons. The smallest absolute Gasteiger partial charge is 0.333 e. The second-order valence-electron chi connectivity index (χ2n) is 24.4. The fourth-order valence-corrected chi connectivity index (χ4v) is 9.84. The maximum atomic E-state index is 13.3. The normalized spacial score (nSPS) is 12.6. The Morgan fingerprint density at radius 1 is 0.481 bits per heavy atom. The highest BCUT2D eigenvalue weighted by atomic mass is 16.7. The Kier molecular flexibility index (Phi) is 50.5. The maximum absolute atomic E-state index is 13.3. The third kappa shape index (κ3) is 44.7. The SMILES string of the molecule is CCCC(=O)OCc1ccc(NC(=O)[C@H](CCCNC(N)=O)NC(=O)CNC(=O)CCOCCOCCOCCOCCN(CCOCCOCCOCCOCCC(=O)NCC(=O)N[C@@H](CCCNC=O)C(=O)Nc2ccc(COC(=O)C(CC)CCC)cc2)C(=O)CCCC(=O)ON2C(=O)CCC2=O)cc1. The van der Waals surface area contributed by atoms with Gasteiger partial charge in [0.2, 0.25) is 47.8 Å². The summed E-state index contributed by atoms with van der Waals surface area (Å²) in [6.07, 6.45) is 4.47. The van der Waals surface area contributed by atoms with Crippen LogP contribution in [0.25, 0.3) is 0 Å². The maximum Gasteiger partial charge on any atom is 0.333 e. The van der Waals surface area contributed by atoms with Crippen LogP contribution in [0.3, 0.4) is 0 Å². The number of hydroxylamine groups is 2. The number of ether oxygens (including phenoxy) is 10. The number of benzene rings is 2. The Labute approximate surface area is 629 Å². The van der Waals surface area contributed by atoms with Crippen LogP contribution in [0.4, 0.5) is 16.2 Å². The summed E-state index contributed by atoms with van der Waals surface area (Å²) >= 11 is 0. The first-order chi connectivity index (χ1) is 52.2. The molecule has 1 fully saturated rings. The van der Waals surface area contributed by atoms with E-state index in [-0.39, 0.29) is 227 Å². The number of rotatable bonds is 64. The predicted molar refractivity (Wildman–Crippen MR) is 387 cm³/mol. The number of urea groups is 1. The van der Waals surface area contributed by atoms with E-state index in [1.807, 2.05) is 20.8 Å². The van der Waals surface area contributed by atoms with E-state index in [1.54, 1.807) is 48.5 Å². The summed E-state index contributed by atoms with van der Waals surface area (Å²) < 4.78 is 55.3. The Morgan fingerprint density at radius 2 is 0.917 bits per heavy atom. The van der Waals surface area contributed by atoms with E-state index in [0.717, 1.165) is 18.4 Å². The van der Waals surface area contributed by atoms with Crippen LogP contribution in [-0.4, -0.2) is 251 Å². The van der Waals surface area contributed by atoms with Crippen LogP contribution in [0, 0.1) is 5.92 Å². The highest BCUT2D eigenvalue weighted by Crippen LogP contribution is 2.18. The van der Waals surface area contributed by atoms with Gasteiger partial charge in [-0.05, 0) is 86.8 Å². The van der Waals surface area contributed by atoms with Gasteiger partial charge >= 0.3 is 23.9 Å². The predicted octanol–water partition coefficient (Wildman–Crippen LogP) is 1.67. The molecule has 10 N–H and O–H groups in total. The summed E-state index contributed by atoms with van der Waals surface area (Å²) in [7, 11) is 0. The van der Waals surface area contributed by atoms with Gasteiger partial charge in [0.15, 0.2) is 0 Å². The zero-order valence-electron chi connectivity index (χ0n) is 62.4. The molecule has 2 aromatic carbocycles. The summed E-state index contributed by atoms with van der Waals surface area (Å²) in [5.74, 6) is -6.25. The van der Waals surface area contributed by atoms with Gasteiger partial charge in [-0.1, -0.05) is 51.5 Å². The number of primary amides is 1. The zero-order valence-corrected chi connectivity index (χ0v) is 62.4. The van der Waals surface area contributed by atoms with E-state index in [9.17, 15) is 67.1 Å². The molecular weight excluding hydrogens is 1420 g/mol. The summed E-state index contributed by atoms with van der Waals surface area (Å²) in [6, 6.07) is 10.7. The molecule has 36 heteroatoms. The molecule has 1 aliphatic heterocycles. The fraction of sp³-hybridized carbons (Fsp3) is 0.639. The average molecular weight is 1530 g/mol. The molecule has 3 atom stereocenters. The molecule has 0 aliphatic carbocycles. The van der Waals surface area contributed by atoms with Gasteiger partial charge in [0.25, 0.3) is 11.8 Å². The van der Waals surface area contributed by atoms with E-state index in [4.69, 9.17) is 57.9 Å². The molecule has 604 valence electrons. The highest BCUT2D eigenvalue weighted by Gasteiger charge is 2.33. The summed E-state index contributed by atoms with van der Waals surface area (Å²) in [6.45, 7) is 8.95. The van der Waals surface area contributed by atoms with Gasteiger partial charge in [-0.15, -0.1) is 5.06 Å². The number of nitrogens with zero attached hydrogens (tertiary/aromatic N) is 2. The van der Waals surface area contributed by atoms with Gasteiger partial charge in [-0.25, -0.2) is 9.59 Å². The number of nitrogens with one attached hydrogen (secondary N) is 8. The molecule has 1 unspecified atom stereocenters. The summed E-state index contributed by atoms with van der Waals surface area (Å²) in [4.78, 5) is 179. The van der Waals surface area contributed by atoms with Gasteiger partial charge in [0.1, 0.15) is 25.3 Å². The van der Waals surface area contributed by atoms with Crippen molar-refractivity contribution in [2.24, 2.45) is 11.7 Å². The summed E-state index contributed by atoms with van der Waals surface area (Å²) in [5, 5.41) is 21.2. The number of amides is 12. The number of carbonyl (C=O) groups excluding carboxylic acids is 14. The Bertz CT molecular complexity index is 3020. The van der Waals surface area contributed by atoms with Crippen LogP contribution in [-0.2, 0) is 128 Å². The molecule has 3 rings (SSSR count). The van der Waals surface area contributed by atoms with Gasteiger partial charge in [0, 0.05) is 82.5 Å². The number of hydrogen-bond donors (Lipinski definition) is 9. The number of esters is 2. The minimum atomic E-state index is -1.02. The number of anilines is 2. The lowest BCUT2D eigenvalue weighted by molar-refractivity contribution is -0.197. The topological polar surface area (TPSA) is 469 Å². The van der Waals surface area contributed by atoms with Crippen LogP contribution in [0.5, 0.6) is 0 Å². The number of nitrogens with two attached hydrogens (primary N) is 1. The molecule has 36 nitrogen and oxygen atoms in total. The van der Waals surface area contributed by atoms with Crippen molar-refractivity contribution in [3.63, 3.8) is 0 Å². The molecular formula is C72H111N11O25. The van der Waals surface area contributed by atoms with Crippen molar-refractivity contribution in [2.45, 2.75) is 149 Å². The lowest BCUT2D eigenvalue weighted by Gasteiger charge is -2.23. The molecule has 108 heavy (non-hydrogen) atoms. The van der Waals surface area contributed by atoms with Gasteiger partial charge < -0.3 is 105 Å². The van der Waals surface area contributed by atoms with E-state index in [0.29, 0.717) is 60.5 Å². The minimum Gasteiger partial charge on any atom is -0.461 e. The molecule has 1 saturated heterocycles. The highest BCUT2D eigenvalue weighted by molar-refractivity contribution is 6.02. The first kappa shape index (κ1) is 92.9. The number of carbonyl (C=O) groups is 14. The minimum absolute atomic E-state index is 0.0410. The third-order valence-electron chi connectivity index (χ3n) is 15.7. The monoisotopic (exact) mass is 1530 g/mol. The Morgan fingerprint density at radius 3 is 1.34 bits per heavy atom. The van der Waals surface area contributed by atoms with Crippen molar-refractivity contribution in [1.82, 2.24) is 41.9 Å². The van der Waals surface area contributed by atoms with Gasteiger partial charge in [0.05, 0.1) is 125 Å². The van der Waals surface area contributed by atoms with E-state index < -0.39 is 84.4 Å². The molecule has 1 aliphatic rings. The van der Waals surface area contributed by atoms with E-state index in [1.165, 1.54) is 4.90 Å². The first-order valence-electron chi connectivity index (χ1n) is 36.7. The quantitative estimate of drug-likeness (QED) is 0.0197. The molecule has 0 aromatic heterocycles. The average Bonchev–Trinajstić information content (AvgIpc) is 1.66. The van der Waals surface area contributed by atoms with E-state index >= 15 is 0 Å². The fourth-order valence-electron chi connectivity index (χ4n) is 9.84. The van der Waals surface area contributed by atoms with Crippen molar-refractivity contribution in [2.75, 3.05) is 156 Å². The molecule has 2 aromatic rings. The molecule has 0 saturated carbocycles. The molecule has 1 heterocycles. The first-order valence-corrected chi connectivity index (χ1v) is 36.7. The number of imide groups is 1. The zero-order chi connectivity index (χ0) is 78.8. The Hall–Kier alpha value is -9.30. The van der Waals surface area contributed by atoms with Crippen LogP contribution in [0.1, 0.15) is 135 Å².